The molecule has 0 bridgehead atoms. The Hall–Kier alpha value is 0.0362. The molecule has 1 fully saturated rings. The predicted molar refractivity (Wildman–Crippen MR) is 70.1 cm³/mol. The number of hydrogen-bond acceptors (Lipinski definition) is 6. The van der Waals surface area contributed by atoms with E-state index in [0.29, 0.717) is 17.6 Å². The Morgan fingerprint density at radius 2 is 2.10 bits per heavy atom. The number of nitrogens with two attached hydrogens (primary N) is 1. The zero-order valence-corrected chi connectivity index (χ0v) is 17.7. The van der Waals surface area contributed by atoms with E-state index in [9.17, 15) is 5.11 Å². The standard InChI is InChI=1S/C10H12N5O2.C2H6.Re.Y/c1-5-2-6(16)10(17-5)15-4-14-7-8(11)12-3-13-9(7)15;1-2;;/h4-6,10,16H,2H2,1H3,(H2,11,12,13);1-2H3;;/q-1;;;/t5-,6+,10?;;;/m1.../s1. The van der Waals surface area contributed by atoms with Crippen LogP contribution in [0.3, 0.4) is 0 Å². The van der Waals surface area contributed by atoms with Crippen LogP contribution in [0.2, 0.25) is 0 Å². The van der Waals surface area contributed by atoms with Crippen molar-refractivity contribution in [2.24, 2.45) is 0 Å². The maximum atomic E-state index is 9.90. The van der Waals surface area contributed by atoms with Gasteiger partial charge in [0.05, 0.1) is 18.1 Å². The van der Waals surface area contributed by atoms with Gasteiger partial charge in [0.15, 0.2) is 6.23 Å². The van der Waals surface area contributed by atoms with Crippen LogP contribution in [0.15, 0.2) is 6.33 Å². The first-order valence-electron chi connectivity index (χ1n) is 6.36. The second-order valence-corrected chi connectivity index (χ2v) is 4.17. The number of aromatic nitrogens is 4. The predicted octanol–water partition coefficient (Wildman–Crippen LogP) is 0.898. The van der Waals surface area contributed by atoms with E-state index in [4.69, 9.17) is 10.5 Å². The Morgan fingerprint density at radius 3 is 2.67 bits per heavy atom. The minimum atomic E-state index is -0.571. The number of rotatable bonds is 1. The van der Waals surface area contributed by atoms with E-state index in [2.05, 4.69) is 21.3 Å². The van der Waals surface area contributed by atoms with Crippen molar-refractivity contribution in [3.8, 4) is 0 Å². The summed E-state index contributed by atoms with van der Waals surface area (Å²) in [6.45, 7) is 5.91. The molecule has 114 valence electrons. The van der Waals surface area contributed by atoms with Crippen LogP contribution in [0.4, 0.5) is 5.82 Å². The molecule has 0 saturated carbocycles. The smallest absolute Gasteiger partial charge is 0.152 e. The van der Waals surface area contributed by atoms with Crippen molar-refractivity contribution in [1.29, 1.82) is 0 Å². The van der Waals surface area contributed by atoms with Gasteiger partial charge in [0.2, 0.25) is 0 Å². The normalized spacial score (nSPS) is 23.7. The molecule has 3 atom stereocenters. The van der Waals surface area contributed by atoms with Crippen molar-refractivity contribution in [3.63, 3.8) is 0 Å². The molecule has 21 heavy (non-hydrogen) atoms. The van der Waals surface area contributed by atoms with Crippen LogP contribution in [-0.4, -0.2) is 36.8 Å². The van der Waals surface area contributed by atoms with Crippen molar-refractivity contribution in [2.75, 3.05) is 5.73 Å². The van der Waals surface area contributed by atoms with Crippen LogP contribution in [0.25, 0.3) is 11.2 Å². The van der Waals surface area contributed by atoms with Crippen LogP contribution in [-0.2, 0) is 57.9 Å². The number of aliphatic hydroxyl groups is 1. The minimum absolute atomic E-state index is 0. The van der Waals surface area contributed by atoms with Gasteiger partial charge >= 0.3 is 0 Å². The summed E-state index contributed by atoms with van der Waals surface area (Å²) in [6.07, 6.45) is 3.56. The van der Waals surface area contributed by atoms with Crippen LogP contribution < -0.4 is 5.73 Å². The van der Waals surface area contributed by atoms with E-state index in [1.54, 1.807) is 10.9 Å². The first-order chi connectivity index (χ1) is 9.16. The van der Waals surface area contributed by atoms with E-state index >= 15 is 0 Å². The summed E-state index contributed by atoms with van der Waals surface area (Å²) in [6, 6.07) is 0. The summed E-state index contributed by atoms with van der Waals surface area (Å²) < 4.78 is 7.29. The number of anilines is 1. The Balaban J connectivity index is 0.000000961. The van der Waals surface area contributed by atoms with Crippen molar-refractivity contribution in [2.45, 2.75) is 45.6 Å². The van der Waals surface area contributed by atoms with Gasteiger partial charge in [0.1, 0.15) is 6.10 Å². The third-order valence-corrected chi connectivity index (χ3v) is 2.89. The summed E-state index contributed by atoms with van der Waals surface area (Å²) in [5.41, 5.74) is 6.69. The fourth-order valence-electron chi connectivity index (χ4n) is 2.10. The van der Waals surface area contributed by atoms with Crippen LogP contribution in [0, 0.1) is 6.33 Å². The van der Waals surface area contributed by atoms with Gasteiger partial charge in [0, 0.05) is 77.2 Å². The van der Waals surface area contributed by atoms with E-state index in [1.807, 2.05) is 20.8 Å². The third kappa shape index (κ3) is 4.28. The van der Waals surface area contributed by atoms with Gasteiger partial charge in [-0.1, -0.05) is 13.8 Å². The molecule has 1 unspecified atom stereocenters. The van der Waals surface area contributed by atoms with Crippen LogP contribution in [0.5, 0.6) is 0 Å². The molecule has 3 rings (SSSR count). The van der Waals surface area contributed by atoms with E-state index in [1.165, 1.54) is 0 Å². The molecule has 0 aliphatic carbocycles. The molecule has 0 amide bonds. The summed E-state index contributed by atoms with van der Waals surface area (Å²) in [7, 11) is 0. The number of ether oxygens (including phenoxy) is 1. The quantitative estimate of drug-likeness (QED) is 0.523. The Labute approximate surface area is 162 Å². The molecular weight excluding hydrogens is 521 g/mol. The van der Waals surface area contributed by atoms with Gasteiger partial charge in [-0.3, -0.25) is 4.98 Å². The summed E-state index contributed by atoms with van der Waals surface area (Å²) >= 11 is 0. The largest absolute Gasteiger partial charge is 0.433 e. The first kappa shape index (κ1) is 21.0. The molecule has 0 spiro atoms. The molecule has 2 aromatic heterocycles. The molecule has 9 heteroatoms. The average Bonchev–Trinajstić information content (AvgIpc) is 2.96. The number of nitrogen functional groups attached to an aromatic ring is 1. The van der Waals surface area contributed by atoms with Gasteiger partial charge in [-0.15, -0.1) is 0 Å². The molecule has 7 nitrogen and oxygen atoms in total. The second-order valence-electron chi connectivity index (χ2n) is 4.17. The summed E-state index contributed by atoms with van der Waals surface area (Å²) in [5, 5.41) is 9.90. The van der Waals surface area contributed by atoms with Gasteiger partial charge in [-0.25, -0.2) is 0 Å². The summed E-state index contributed by atoms with van der Waals surface area (Å²) in [5.74, 6) is 0.272. The molecule has 1 aliphatic rings. The van der Waals surface area contributed by atoms with Gasteiger partial charge in [-0.05, 0) is 6.92 Å². The van der Waals surface area contributed by atoms with Crippen molar-refractivity contribution in [3.05, 3.63) is 12.7 Å². The number of nitrogens with zero attached hydrogens (tertiary/aromatic N) is 4. The maximum absolute atomic E-state index is 9.90. The van der Waals surface area contributed by atoms with Crippen molar-refractivity contribution >= 4 is 17.0 Å². The zero-order valence-electron chi connectivity index (χ0n) is 12.2. The van der Waals surface area contributed by atoms with E-state index < -0.39 is 12.3 Å². The van der Waals surface area contributed by atoms with Gasteiger partial charge < -0.3 is 30.1 Å². The van der Waals surface area contributed by atoms with Crippen molar-refractivity contribution < 1.29 is 63.0 Å². The molecule has 2 aromatic rings. The first-order valence-corrected chi connectivity index (χ1v) is 6.36. The number of fused-ring (bicyclic) bond motifs is 1. The second kappa shape index (κ2) is 9.24. The number of hydrogen-bond donors (Lipinski definition) is 2. The molecular formula is C12H18N5O2ReY-. The maximum Gasteiger partial charge on any atom is 0.152 e. The van der Waals surface area contributed by atoms with E-state index in [0.717, 1.165) is 0 Å². The molecule has 2 radical (unpaired) electrons. The van der Waals surface area contributed by atoms with Gasteiger partial charge in [0.25, 0.3) is 0 Å². The monoisotopic (exact) mass is 540 g/mol. The fraction of sp³-hybridized carbons (Fsp3) is 0.583. The number of aliphatic hydroxyl groups excluding tert-OH is 1. The number of imidazole rings is 1. The van der Waals surface area contributed by atoms with Crippen molar-refractivity contribution in [1.82, 2.24) is 19.5 Å². The van der Waals surface area contributed by atoms with Crippen LogP contribution in [0.1, 0.15) is 33.4 Å². The van der Waals surface area contributed by atoms with E-state index in [-0.39, 0.29) is 65.1 Å². The molecule has 0 aromatic carbocycles. The summed E-state index contributed by atoms with van der Waals surface area (Å²) in [4.78, 5) is 11.9. The minimum Gasteiger partial charge on any atom is -0.433 e. The SMILES string of the molecule is CC.C[C@@H]1C[C@H](O)C(n2cnc3c(N)n[c-]nc32)O1.[Re].[Y]. The third-order valence-electron chi connectivity index (χ3n) is 2.89. The average molecular weight is 539 g/mol. The van der Waals surface area contributed by atoms with Gasteiger partial charge in [-0.2, -0.15) is 0 Å². The topological polar surface area (TPSA) is 99.1 Å². The molecule has 1 aliphatic heterocycles. The Bertz CT molecular complexity index is 568. The zero-order chi connectivity index (χ0) is 14.0. The fourth-order valence-corrected chi connectivity index (χ4v) is 2.10. The van der Waals surface area contributed by atoms with Crippen LogP contribution >= 0.6 is 0 Å². The Kier molecular flexibility index (Phi) is 9.25. The molecule has 1 saturated heterocycles. The Morgan fingerprint density at radius 1 is 1.43 bits per heavy atom. The molecule has 3 N–H and O–H groups in total. The molecule has 3 heterocycles.